The van der Waals surface area contributed by atoms with Gasteiger partial charge in [-0.05, 0) is 58.7 Å². The summed E-state index contributed by atoms with van der Waals surface area (Å²) in [6.45, 7) is 3.09. The first kappa shape index (κ1) is 20.0. The maximum Gasteiger partial charge on any atom is 0.191 e. The Labute approximate surface area is 182 Å². The zero-order chi connectivity index (χ0) is 20.2. The number of ether oxygens (including phenoxy) is 1. The van der Waals surface area contributed by atoms with E-state index in [4.69, 9.17) is 9.72 Å². The highest BCUT2D eigenvalue weighted by molar-refractivity contribution is 9.10. The van der Waals surface area contributed by atoms with Crippen LogP contribution in [-0.2, 0) is 12.3 Å². The lowest BCUT2D eigenvalue weighted by molar-refractivity contribution is 0.415. The van der Waals surface area contributed by atoms with Crippen molar-refractivity contribution in [2.24, 2.45) is 0 Å². The number of unbranched alkanes of at least 4 members (excludes halogenated alkanes) is 1. The van der Waals surface area contributed by atoms with Crippen molar-refractivity contribution in [2.75, 3.05) is 7.11 Å². The number of nitrogens with zero attached hydrogens (tertiary/aromatic N) is 5. The third kappa shape index (κ3) is 4.48. The van der Waals surface area contributed by atoms with Crippen LogP contribution in [-0.4, -0.2) is 31.3 Å². The molecule has 29 heavy (non-hydrogen) atoms. The Bertz CT molecular complexity index is 1110. The number of thioether (sulfide) groups is 1. The minimum atomic E-state index is 0.742. The van der Waals surface area contributed by atoms with Crippen molar-refractivity contribution in [3.63, 3.8) is 0 Å². The summed E-state index contributed by atoms with van der Waals surface area (Å²) in [5, 5.41) is 9.87. The molecule has 0 saturated heterocycles. The minimum Gasteiger partial charge on any atom is -0.497 e. The van der Waals surface area contributed by atoms with Crippen LogP contribution in [0.1, 0.15) is 25.5 Å². The molecule has 0 aliphatic carbocycles. The Hall–Kier alpha value is -2.32. The van der Waals surface area contributed by atoms with Crippen LogP contribution in [0.2, 0.25) is 0 Å². The molecule has 0 aliphatic heterocycles. The number of halogens is 1. The average molecular weight is 472 g/mol. The van der Waals surface area contributed by atoms with E-state index in [1.54, 1.807) is 18.9 Å². The summed E-state index contributed by atoms with van der Waals surface area (Å²) >= 11 is 5.17. The molecule has 0 saturated carbocycles. The number of pyridine rings is 1. The molecule has 0 bridgehead atoms. The predicted octanol–water partition coefficient (Wildman–Crippen LogP) is 5.46. The van der Waals surface area contributed by atoms with Crippen LogP contribution in [0.15, 0.2) is 58.4 Å². The van der Waals surface area contributed by atoms with Gasteiger partial charge in [0, 0.05) is 34.7 Å². The van der Waals surface area contributed by atoms with E-state index in [1.807, 2.05) is 47.0 Å². The lowest BCUT2D eigenvalue weighted by atomic mass is 10.2. The normalized spacial score (nSPS) is 11.3. The first-order valence-corrected chi connectivity index (χ1v) is 11.3. The van der Waals surface area contributed by atoms with Crippen molar-refractivity contribution < 1.29 is 4.74 Å². The third-order valence-corrected chi connectivity index (χ3v) is 6.08. The standard InChI is InChI=1S/C21H22BrN5OS/c1-3-4-11-27-20(15-5-8-18(28-2)9-6-15)24-25-21(27)29-14-17-13-26-12-16(22)7-10-19(26)23-17/h5-10,12-13H,3-4,11,14H2,1-2H3. The quantitative estimate of drug-likeness (QED) is 0.319. The molecule has 3 heterocycles. The maximum atomic E-state index is 5.27. The Morgan fingerprint density at radius 3 is 2.66 bits per heavy atom. The summed E-state index contributed by atoms with van der Waals surface area (Å²) in [4.78, 5) is 4.69. The van der Waals surface area contributed by atoms with Gasteiger partial charge >= 0.3 is 0 Å². The summed E-state index contributed by atoms with van der Waals surface area (Å²) in [5.41, 5.74) is 3.00. The molecule has 0 atom stereocenters. The second-order valence-electron chi connectivity index (χ2n) is 6.67. The van der Waals surface area contributed by atoms with E-state index in [0.717, 1.165) is 63.2 Å². The topological polar surface area (TPSA) is 57.2 Å². The second kappa shape index (κ2) is 9.00. The summed E-state index contributed by atoms with van der Waals surface area (Å²) in [7, 11) is 1.67. The largest absolute Gasteiger partial charge is 0.497 e. The molecular weight excluding hydrogens is 450 g/mol. The summed E-state index contributed by atoms with van der Waals surface area (Å²) in [6.07, 6.45) is 6.27. The molecule has 6 nitrogen and oxygen atoms in total. The highest BCUT2D eigenvalue weighted by Crippen LogP contribution is 2.28. The van der Waals surface area contributed by atoms with E-state index in [2.05, 4.69) is 43.8 Å². The number of benzene rings is 1. The van der Waals surface area contributed by atoms with Gasteiger partial charge in [0.15, 0.2) is 11.0 Å². The van der Waals surface area contributed by atoms with Gasteiger partial charge in [-0.25, -0.2) is 4.98 Å². The van der Waals surface area contributed by atoms with Crippen LogP contribution in [0.5, 0.6) is 5.75 Å². The number of hydrogen-bond donors (Lipinski definition) is 0. The van der Waals surface area contributed by atoms with Crippen LogP contribution in [0.3, 0.4) is 0 Å². The van der Waals surface area contributed by atoms with Crippen molar-refractivity contribution in [1.29, 1.82) is 0 Å². The van der Waals surface area contributed by atoms with Crippen LogP contribution < -0.4 is 4.74 Å². The van der Waals surface area contributed by atoms with Gasteiger partial charge in [-0.3, -0.25) is 0 Å². The molecule has 3 aromatic heterocycles. The fourth-order valence-electron chi connectivity index (χ4n) is 3.09. The molecule has 0 aliphatic rings. The van der Waals surface area contributed by atoms with Gasteiger partial charge in [0.1, 0.15) is 11.4 Å². The molecule has 8 heteroatoms. The Morgan fingerprint density at radius 2 is 1.90 bits per heavy atom. The average Bonchev–Trinajstić information content (AvgIpc) is 3.33. The van der Waals surface area contributed by atoms with Gasteiger partial charge in [-0.2, -0.15) is 0 Å². The number of aromatic nitrogens is 5. The van der Waals surface area contributed by atoms with E-state index < -0.39 is 0 Å². The molecule has 0 spiro atoms. The fourth-order valence-corrected chi connectivity index (χ4v) is 4.29. The van der Waals surface area contributed by atoms with Crippen molar-refractivity contribution in [1.82, 2.24) is 24.1 Å². The smallest absolute Gasteiger partial charge is 0.191 e. The van der Waals surface area contributed by atoms with Crippen LogP contribution >= 0.6 is 27.7 Å². The Kier molecular flexibility index (Phi) is 6.20. The van der Waals surface area contributed by atoms with E-state index in [1.165, 1.54) is 0 Å². The number of hydrogen-bond acceptors (Lipinski definition) is 5. The van der Waals surface area contributed by atoms with Crippen molar-refractivity contribution >= 4 is 33.3 Å². The first-order valence-electron chi connectivity index (χ1n) is 9.51. The molecule has 0 fully saturated rings. The molecule has 4 rings (SSSR count). The van der Waals surface area contributed by atoms with Gasteiger partial charge < -0.3 is 13.7 Å². The third-order valence-electron chi connectivity index (χ3n) is 4.61. The molecule has 4 aromatic rings. The highest BCUT2D eigenvalue weighted by atomic mass is 79.9. The van der Waals surface area contributed by atoms with Crippen molar-refractivity contribution in [3.05, 3.63) is 59.0 Å². The van der Waals surface area contributed by atoms with Crippen LogP contribution in [0, 0.1) is 0 Å². The molecular formula is C21H22BrN5OS. The van der Waals surface area contributed by atoms with Crippen LogP contribution in [0.25, 0.3) is 17.0 Å². The lowest BCUT2D eigenvalue weighted by Gasteiger charge is -2.09. The maximum absolute atomic E-state index is 5.27. The van der Waals surface area contributed by atoms with Crippen molar-refractivity contribution in [2.45, 2.75) is 37.2 Å². The Balaban J connectivity index is 1.57. The van der Waals surface area contributed by atoms with E-state index in [-0.39, 0.29) is 0 Å². The van der Waals surface area contributed by atoms with Gasteiger partial charge in [0.2, 0.25) is 0 Å². The summed E-state index contributed by atoms with van der Waals surface area (Å²) in [6, 6.07) is 12.0. The van der Waals surface area contributed by atoms with E-state index in [9.17, 15) is 0 Å². The lowest BCUT2D eigenvalue weighted by Crippen LogP contribution is -2.02. The zero-order valence-electron chi connectivity index (χ0n) is 16.4. The molecule has 0 radical (unpaired) electrons. The highest BCUT2D eigenvalue weighted by Gasteiger charge is 2.15. The van der Waals surface area contributed by atoms with Gasteiger partial charge in [0.25, 0.3) is 0 Å². The zero-order valence-corrected chi connectivity index (χ0v) is 18.8. The van der Waals surface area contributed by atoms with Gasteiger partial charge in [-0.1, -0.05) is 25.1 Å². The Morgan fingerprint density at radius 1 is 1.07 bits per heavy atom. The number of imidazole rings is 1. The monoisotopic (exact) mass is 471 g/mol. The molecule has 0 unspecified atom stereocenters. The predicted molar refractivity (Wildman–Crippen MR) is 119 cm³/mol. The fraction of sp³-hybridized carbons (Fsp3) is 0.286. The number of fused-ring (bicyclic) bond motifs is 1. The van der Waals surface area contributed by atoms with Gasteiger partial charge in [-0.15, -0.1) is 10.2 Å². The van der Waals surface area contributed by atoms with E-state index >= 15 is 0 Å². The van der Waals surface area contributed by atoms with Gasteiger partial charge in [0.05, 0.1) is 12.8 Å². The second-order valence-corrected chi connectivity index (χ2v) is 8.53. The SMILES string of the molecule is CCCCn1c(SCc2cn3cc(Br)ccc3n2)nnc1-c1ccc(OC)cc1. The van der Waals surface area contributed by atoms with Crippen molar-refractivity contribution in [3.8, 4) is 17.1 Å². The molecule has 0 N–H and O–H groups in total. The summed E-state index contributed by atoms with van der Waals surface area (Å²) in [5.74, 6) is 2.47. The molecule has 0 amide bonds. The minimum absolute atomic E-state index is 0.742. The number of methoxy groups -OCH3 is 1. The summed E-state index contributed by atoms with van der Waals surface area (Å²) < 4.78 is 10.5. The molecule has 150 valence electrons. The molecule has 1 aromatic carbocycles. The van der Waals surface area contributed by atoms with Crippen LogP contribution in [0.4, 0.5) is 0 Å². The van der Waals surface area contributed by atoms with E-state index in [0.29, 0.717) is 0 Å². The number of rotatable bonds is 8. The first-order chi connectivity index (χ1) is 14.2.